The fourth-order valence-corrected chi connectivity index (χ4v) is 11.9. The van der Waals surface area contributed by atoms with Crippen LogP contribution in [-0.4, -0.2) is 0 Å². The Morgan fingerprint density at radius 3 is 1.76 bits per heavy atom. The fraction of sp³-hybridized carbons (Fsp3) is 0.115. The first-order valence-electron chi connectivity index (χ1n) is 19.2. The molecule has 1 nitrogen and oxygen atoms in total. The number of rotatable bonds is 3. The summed E-state index contributed by atoms with van der Waals surface area (Å²) in [6, 6.07) is 57.9. The standard InChI is InChI=1S/C52H37NS/c1-51(2)42-20-8-3-17-37(42)40-19-13-24-47(50(40)51)53(32-27-29-49-41(30-32)39-18-7-12-25-48(39)54-49)33-26-28-38-36-16-6-11-23-45(36)52(46(38)31-33)43-21-9-4-14-34(43)35-15-5-10-22-44(35)52/h3-6,8-17,19-31H,7,18H2,1-2H3. The number of allylic oxidation sites excluding steroid dienone is 1. The van der Waals surface area contributed by atoms with Crippen LogP contribution >= 0.6 is 11.3 Å². The molecule has 0 unspecified atom stereocenters. The molecule has 4 aliphatic rings. The number of thiophene rings is 1. The lowest BCUT2D eigenvalue weighted by Gasteiger charge is -2.34. The van der Waals surface area contributed by atoms with Gasteiger partial charge in [0.15, 0.2) is 0 Å². The van der Waals surface area contributed by atoms with Gasteiger partial charge in [-0.2, -0.15) is 0 Å². The topological polar surface area (TPSA) is 3.24 Å². The summed E-state index contributed by atoms with van der Waals surface area (Å²) in [6.45, 7) is 4.82. The summed E-state index contributed by atoms with van der Waals surface area (Å²) in [7, 11) is 0. The molecular formula is C52H37NS. The van der Waals surface area contributed by atoms with Crippen molar-refractivity contribution in [2.45, 2.75) is 37.5 Å². The minimum Gasteiger partial charge on any atom is -0.310 e. The van der Waals surface area contributed by atoms with Crippen LogP contribution in [0.3, 0.4) is 0 Å². The van der Waals surface area contributed by atoms with E-state index in [2.05, 4.69) is 183 Å². The number of benzene rings is 7. The number of hydrogen-bond acceptors (Lipinski definition) is 2. The van der Waals surface area contributed by atoms with Crippen LogP contribution in [0.5, 0.6) is 0 Å². The Morgan fingerprint density at radius 2 is 1.07 bits per heavy atom. The van der Waals surface area contributed by atoms with Crippen molar-refractivity contribution in [2.24, 2.45) is 0 Å². The van der Waals surface area contributed by atoms with Crippen LogP contribution in [-0.2, 0) is 17.3 Å². The summed E-state index contributed by atoms with van der Waals surface area (Å²) in [5.41, 5.74) is 20.8. The highest BCUT2D eigenvalue weighted by atomic mass is 32.1. The Morgan fingerprint density at radius 1 is 0.519 bits per heavy atom. The molecule has 1 aromatic heterocycles. The zero-order valence-corrected chi connectivity index (χ0v) is 31.2. The number of aryl methyl sites for hydroxylation is 1. The maximum absolute atomic E-state index is 2.58. The van der Waals surface area contributed by atoms with Gasteiger partial charge in [-0.25, -0.2) is 0 Å². The third-order valence-corrected chi connectivity index (χ3v) is 14.1. The van der Waals surface area contributed by atoms with Gasteiger partial charge in [0.25, 0.3) is 0 Å². The lowest BCUT2D eigenvalue weighted by molar-refractivity contribution is 0.661. The monoisotopic (exact) mass is 707 g/mol. The quantitative estimate of drug-likeness (QED) is 0.177. The van der Waals surface area contributed by atoms with Gasteiger partial charge in [0.1, 0.15) is 0 Å². The largest absolute Gasteiger partial charge is 0.310 e. The van der Waals surface area contributed by atoms with E-state index >= 15 is 0 Å². The smallest absolute Gasteiger partial charge is 0.0726 e. The van der Waals surface area contributed by atoms with Crippen molar-refractivity contribution in [3.63, 3.8) is 0 Å². The highest BCUT2D eigenvalue weighted by Crippen LogP contribution is 2.64. The van der Waals surface area contributed by atoms with Crippen LogP contribution in [0.1, 0.15) is 64.1 Å². The molecule has 0 amide bonds. The molecule has 8 aromatic rings. The van der Waals surface area contributed by atoms with E-state index in [9.17, 15) is 0 Å². The fourth-order valence-electron chi connectivity index (χ4n) is 10.8. The third kappa shape index (κ3) is 3.79. The molecule has 0 saturated heterocycles. The van der Waals surface area contributed by atoms with Gasteiger partial charge in [0.05, 0.1) is 11.1 Å². The first-order valence-corrected chi connectivity index (χ1v) is 20.1. The van der Waals surface area contributed by atoms with Crippen molar-refractivity contribution in [2.75, 3.05) is 4.90 Å². The molecule has 0 bridgehead atoms. The van der Waals surface area contributed by atoms with Crippen LogP contribution in [0.2, 0.25) is 0 Å². The van der Waals surface area contributed by atoms with Crippen LogP contribution < -0.4 is 4.90 Å². The zero-order chi connectivity index (χ0) is 35.8. The molecule has 0 radical (unpaired) electrons. The minimum atomic E-state index is -0.405. The van der Waals surface area contributed by atoms with Gasteiger partial charge in [-0.15, -0.1) is 11.3 Å². The molecule has 0 N–H and O–H groups in total. The molecule has 12 rings (SSSR count). The van der Waals surface area contributed by atoms with Crippen molar-refractivity contribution in [3.8, 4) is 33.4 Å². The van der Waals surface area contributed by atoms with Crippen LogP contribution in [0.25, 0.3) is 49.5 Å². The summed E-state index contributed by atoms with van der Waals surface area (Å²) in [5.74, 6) is 0. The van der Waals surface area contributed by atoms with Crippen LogP contribution in [0.4, 0.5) is 17.1 Å². The molecule has 0 aliphatic heterocycles. The van der Waals surface area contributed by atoms with E-state index in [1.54, 1.807) is 0 Å². The molecule has 256 valence electrons. The van der Waals surface area contributed by atoms with E-state index < -0.39 is 5.41 Å². The molecule has 7 aromatic carbocycles. The predicted molar refractivity (Wildman–Crippen MR) is 228 cm³/mol. The van der Waals surface area contributed by atoms with Crippen molar-refractivity contribution in [1.29, 1.82) is 0 Å². The lowest BCUT2D eigenvalue weighted by Crippen LogP contribution is -2.26. The predicted octanol–water partition coefficient (Wildman–Crippen LogP) is 14.0. The molecule has 0 fully saturated rings. The highest BCUT2D eigenvalue weighted by molar-refractivity contribution is 7.20. The minimum absolute atomic E-state index is 0.172. The molecule has 4 aliphatic carbocycles. The lowest BCUT2D eigenvalue weighted by atomic mass is 9.70. The number of hydrogen-bond donors (Lipinski definition) is 0. The van der Waals surface area contributed by atoms with Crippen molar-refractivity contribution < 1.29 is 0 Å². The van der Waals surface area contributed by atoms with Gasteiger partial charge in [0.2, 0.25) is 0 Å². The maximum atomic E-state index is 2.58. The SMILES string of the molecule is CC1(C)c2ccccc2-c2cccc(N(c3ccc4c(c3)C3(c5ccccc5-c5ccccc53)c3ccccc3-4)c3ccc4sc5c(c4c3)CCC=C5)c21. The molecular weight excluding hydrogens is 671 g/mol. The summed E-state index contributed by atoms with van der Waals surface area (Å²) in [5, 5.41) is 1.39. The van der Waals surface area contributed by atoms with Gasteiger partial charge in [0, 0.05) is 26.4 Å². The summed E-state index contributed by atoms with van der Waals surface area (Å²) in [6.07, 6.45) is 6.86. The van der Waals surface area contributed by atoms with E-state index in [0.29, 0.717) is 0 Å². The third-order valence-electron chi connectivity index (χ3n) is 12.9. The number of nitrogens with zero attached hydrogens (tertiary/aromatic N) is 1. The Kier molecular flexibility index (Phi) is 6.10. The van der Waals surface area contributed by atoms with E-state index in [-0.39, 0.29) is 5.41 Å². The van der Waals surface area contributed by atoms with Gasteiger partial charge >= 0.3 is 0 Å². The second kappa shape index (κ2) is 10.8. The Balaban J connectivity index is 1.16. The van der Waals surface area contributed by atoms with Gasteiger partial charge in [-0.1, -0.05) is 135 Å². The Bertz CT molecular complexity index is 2870. The molecule has 1 heterocycles. The first-order chi connectivity index (χ1) is 26.5. The average Bonchev–Trinajstić information content (AvgIpc) is 3.90. The summed E-state index contributed by atoms with van der Waals surface area (Å²) >= 11 is 1.93. The molecule has 1 spiro atoms. The second-order valence-electron chi connectivity index (χ2n) is 15.9. The Hall–Kier alpha value is -5.96. The van der Waals surface area contributed by atoms with E-state index in [4.69, 9.17) is 0 Å². The first kappa shape index (κ1) is 30.5. The average molecular weight is 708 g/mol. The molecule has 0 saturated carbocycles. The van der Waals surface area contributed by atoms with Gasteiger partial charge in [-0.05, 0) is 133 Å². The van der Waals surface area contributed by atoms with E-state index in [1.807, 2.05) is 11.3 Å². The number of anilines is 3. The van der Waals surface area contributed by atoms with Crippen LogP contribution in [0, 0.1) is 0 Å². The Labute approximate surface area is 320 Å². The maximum Gasteiger partial charge on any atom is 0.0726 e. The second-order valence-corrected chi connectivity index (χ2v) is 17.0. The van der Waals surface area contributed by atoms with Gasteiger partial charge in [-0.3, -0.25) is 0 Å². The van der Waals surface area contributed by atoms with Crippen molar-refractivity contribution in [1.82, 2.24) is 0 Å². The van der Waals surface area contributed by atoms with E-state index in [0.717, 1.165) is 12.8 Å². The van der Waals surface area contributed by atoms with Crippen molar-refractivity contribution >= 4 is 44.6 Å². The summed E-state index contributed by atoms with van der Waals surface area (Å²) < 4.78 is 1.36. The normalized spacial score (nSPS) is 15.7. The molecule has 0 atom stereocenters. The van der Waals surface area contributed by atoms with Crippen molar-refractivity contribution in [3.05, 3.63) is 202 Å². The number of fused-ring (bicyclic) bond motifs is 16. The molecule has 2 heteroatoms. The molecule has 54 heavy (non-hydrogen) atoms. The van der Waals surface area contributed by atoms with E-state index in [1.165, 1.54) is 104 Å². The van der Waals surface area contributed by atoms with Crippen LogP contribution in [0.15, 0.2) is 158 Å². The van der Waals surface area contributed by atoms with Gasteiger partial charge < -0.3 is 4.90 Å². The highest BCUT2D eigenvalue weighted by Gasteiger charge is 2.51. The summed E-state index contributed by atoms with van der Waals surface area (Å²) in [4.78, 5) is 3.99. The zero-order valence-electron chi connectivity index (χ0n) is 30.4.